The minimum absolute atomic E-state index is 0.0256. The zero-order chi connectivity index (χ0) is 16.7. The number of hydrogen-bond acceptors (Lipinski definition) is 4. The van der Waals surface area contributed by atoms with Crippen LogP contribution in [0.1, 0.15) is 28.7 Å². The highest BCUT2D eigenvalue weighted by Gasteiger charge is 2.22. The molecule has 0 spiro atoms. The van der Waals surface area contributed by atoms with E-state index in [4.69, 9.17) is 34.8 Å². The first-order chi connectivity index (χ1) is 10.9. The van der Waals surface area contributed by atoms with E-state index in [-0.39, 0.29) is 16.0 Å². The Hall–Kier alpha value is -1.69. The third-order valence-corrected chi connectivity index (χ3v) is 4.45. The van der Waals surface area contributed by atoms with Crippen LogP contribution in [-0.2, 0) is 6.54 Å². The smallest absolute Gasteiger partial charge is 0.216 e. The van der Waals surface area contributed by atoms with Crippen LogP contribution in [0.2, 0.25) is 15.3 Å². The molecule has 5 nitrogen and oxygen atoms in total. The lowest BCUT2D eigenvalue weighted by molar-refractivity contribution is 0.103. The van der Waals surface area contributed by atoms with Gasteiger partial charge in [0.1, 0.15) is 5.69 Å². The summed E-state index contributed by atoms with van der Waals surface area (Å²) >= 11 is 18.3. The molecule has 118 valence electrons. The Labute approximate surface area is 147 Å². The molecule has 8 heteroatoms. The molecule has 0 aliphatic heterocycles. The van der Waals surface area contributed by atoms with Gasteiger partial charge in [-0.25, -0.2) is 9.97 Å². The maximum Gasteiger partial charge on any atom is 0.216 e. The van der Waals surface area contributed by atoms with E-state index in [9.17, 15) is 4.79 Å². The molecule has 0 amide bonds. The van der Waals surface area contributed by atoms with Crippen LogP contribution in [0.4, 0.5) is 0 Å². The molecule has 0 aliphatic rings. The van der Waals surface area contributed by atoms with Crippen LogP contribution in [-0.4, -0.2) is 25.5 Å². The zero-order valence-corrected chi connectivity index (χ0v) is 14.5. The van der Waals surface area contributed by atoms with Gasteiger partial charge >= 0.3 is 0 Å². The Morgan fingerprint density at radius 2 is 1.91 bits per heavy atom. The van der Waals surface area contributed by atoms with Gasteiger partial charge in [-0.2, -0.15) is 5.10 Å². The van der Waals surface area contributed by atoms with Crippen LogP contribution in [0, 0.1) is 6.92 Å². The molecule has 0 radical (unpaired) electrons. The van der Waals surface area contributed by atoms with Gasteiger partial charge in [0.15, 0.2) is 10.3 Å². The second-order valence-electron chi connectivity index (χ2n) is 4.91. The molecule has 23 heavy (non-hydrogen) atoms. The van der Waals surface area contributed by atoms with E-state index in [1.807, 2.05) is 6.92 Å². The minimum Gasteiger partial charge on any atom is -0.287 e. The van der Waals surface area contributed by atoms with E-state index in [2.05, 4.69) is 15.1 Å². The molecular formula is C15H11Cl3N4O. The fourth-order valence-electron chi connectivity index (χ4n) is 2.20. The molecule has 0 aliphatic carbocycles. The molecule has 0 fully saturated rings. The molecule has 0 unspecified atom stereocenters. The van der Waals surface area contributed by atoms with E-state index in [1.54, 1.807) is 29.9 Å². The summed E-state index contributed by atoms with van der Waals surface area (Å²) in [6, 6.07) is 3.35. The van der Waals surface area contributed by atoms with Gasteiger partial charge in [-0.1, -0.05) is 34.8 Å². The van der Waals surface area contributed by atoms with E-state index >= 15 is 0 Å². The van der Waals surface area contributed by atoms with E-state index < -0.39 is 5.78 Å². The van der Waals surface area contributed by atoms with Crippen molar-refractivity contribution >= 4 is 51.5 Å². The number of aromatic nitrogens is 4. The van der Waals surface area contributed by atoms with Crippen LogP contribution in [0.25, 0.3) is 10.9 Å². The third kappa shape index (κ3) is 2.80. The van der Waals surface area contributed by atoms with Crippen molar-refractivity contribution in [2.45, 2.75) is 20.4 Å². The number of aryl methyl sites for hydroxylation is 2. The number of ketones is 1. The third-order valence-electron chi connectivity index (χ3n) is 3.42. The summed E-state index contributed by atoms with van der Waals surface area (Å²) in [6.45, 7) is 4.33. The molecule has 0 saturated carbocycles. The Kier molecular flexibility index (Phi) is 4.27. The van der Waals surface area contributed by atoms with Crippen molar-refractivity contribution in [1.29, 1.82) is 0 Å². The summed E-state index contributed by atoms with van der Waals surface area (Å²) in [6.07, 6.45) is 1.80. The summed E-state index contributed by atoms with van der Waals surface area (Å²) in [5, 5.41) is 5.49. The first kappa shape index (κ1) is 16.2. The topological polar surface area (TPSA) is 60.7 Å². The van der Waals surface area contributed by atoms with Crippen LogP contribution in [0.3, 0.4) is 0 Å². The highest BCUT2D eigenvalue weighted by molar-refractivity contribution is 6.40. The fraction of sp³-hybridized carbons (Fsp3) is 0.200. The Bertz CT molecular complexity index is 936. The van der Waals surface area contributed by atoms with Crippen LogP contribution in [0.5, 0.6) is 0 Å². The van der Waals surface area contributed by atoms with Crippen LogP contribution in [0.15, 0.2) is 18.3 Å². The number of carbonyl (C=O) groups is 1. The van der Waals surface area contributed by atoms with Gasteiger partial charge in [0.25, 0.3) is 0 Å². The molecule has 3 aromatic rings. The fourth-order valence-corrected chi connectivity index (χ4v) is 2.88. The number of halogens is 3. The number of hydrogen-bond donors (Lipinski definition) is 0. The van der Waals surface area contributed by atoms with Gasteiger partial charge in [-0.3, -0.25) is 9.48 Å². The number of benzene rings is 1. The summed E-state index contributed by atoms with van der Waals surface area (Å²) in [5.41, 5.74) is 1.47. The Balaban J connectivity index is 2.14. The van der Waals surface area contributed by atoms with Crippen molar-refractivity contribution < 1.29 is 4.79 Å². The number of fused-ring (bicyclic) bond motifs is 1. The normalized spacial score (nSPS) is 11.2. The quantitative estimate of drug-likeness (QED) is 0.644. The second kappa shape index (κ2) is 6.07. The average Bonchev–Trinajstić information content (AvgIpc) is 2.95. The molecule has 1 aromatic carbocycles. The van der Waals surface area contributed by atoms with Crippen molar-refractivity contribution in [3.8, 4) is 0 Å². The SMILES string of the molecule is CCn1cc2c(Cl)c(C(=O)c3nc(C)c(Cl)nc3Cl)ccc2n1. The largest absolute Gasteiger partial charge is 0.287 e. The summed E-state index contributed by atoms with van der Waals surface area (Å²) in [4.78, 5) is 20.8. The lowest BCUT2D eigenvalue weighted by atomic mass is 10.1. The maximum absolute atomic E-state index is 12.7. The summed E-state index contributed by atoms with van der Waals surface area (Å²) in [5.74, 6) is -0.404. The number of nitrogens with zero attached hydrogens (tertiary/aromatic N) is 4. The molecule has 2 aromatic heterocycles. The highest BCUT2D eigenvalue weighted by Crippen LogP contribution is 2.29. The van der Waals surface area contributed by atoms with Crippen molar-refractivity contribution in [2.24, 2.45) is 0 Å². The predicted molar refractivity (Wildman–Crippen MR) is 90.6 cm³/mol. The molecule has 0 atom stereocenters. The van der Waals surface area contributed by atoms with Gasteiger partial charge < -0.3 is 0 Å². The van der Waals surface area contributed by atoms with Crippen molar-refractivity contribution in [1.82, 2.24) is 19.7 Å². The van der Waals surface area contributed by atoms with Gasteiger partial charge in [0, 0.05) is 23.7 Å². The molecule has 2 heterocycles. The first-order valence-corrected chi connectivity index (χ1v) is 7.95. The van der Waals surface area contributed by atoms with Crippen LogP contribution < -0.4 is 0 Å². The second-order valence-corrected chi connectivity index (χ2v) is 6.01. The molecule has 0 bridgehead atoms. The average molecular weight is 370 g/mol. The molecule has 0 saturated heterocycles. The Morgan fingerprint density at radius 3 is 2.61 bits per heavy atom. The van der Waals surface area contributed by atoms with E-state index in [1.165, 1.54) is 0 Å². The van der Waals surface area contributed by atoms with Gasteiger partial charge in [-0.15, -0.1) is 0 Å². The number of carbonyl (C=O) groups excluding carboxylic acids is 1. The van der Waals surface area contributed by atoms with Crippen molar-refractivity contribution in [3.05, 3.63) is 50.6 Å². The lowest BCUT2D eigenvalue weighted by Crippen LogP contribution is -2.08. The molecular weight excluding hydrogens is 359 g/mol. The lowest BCUT2D eigenvalue weighted by Gasteiger charge is -2.06. The zero-order valence-electron chi connectivity index (χ0n) is 12.3. The predicted octanol–water partition coefficient (Wildman–Crippen LogP) is 4.35. The van der Waals surface area contributed by atoms with E-state index in [0.717, 1.165) is 5.52 Å². The maximum atomic E-state index is 12.7. The Morgan fingerprint density at radius 1 is 1.17 bits per heavy atom. The first-order valence-electron chi connectivity index (χ1n) is 6.82. The van der Waals surface area contributed by atoms with Crippen LogP contribution >= 0.6 is 34.8 Å². The minimum atomic E-state index is -0.404. The molecule has 3 rings (SSSR count). The summed E-state index contributed by atoms with van der Waals surface area (Å²) < 4.78 is 1.75. The van der Waals surface area contributed by atoms with Gasteiger partial charge in [0.2, 0.25) is 5.78 Å². The van der Waals surface area contributed by atoms with Gasteiger partial charge in [0.05, 0.1) is 16.2 Å². The van der Waals surface area contributed by atoms with Crippen molar-refractivity contribution in [3.63, 3.8) is 0 Å². The number of rotatable bonds is 3. The summed E-state index contributed by atoms with van der Waals surface area (Å²) in [7, 11) is 0. The monoisotopic (exact) mass is 368 g/mol. The standard InChI is InChI=1S/C15H11Cl3N4O/c1-3-22-6-9-10(21-22)5-4-8(11(9)16)13(23)12-15(18)20-14(17)7(2)19-12/h4-6H,3H2,1-2H3. The highest BCUT2D eigenvalue weighted by atomic mass is 35.5. The van der Waals surface area contributed by atoms with Crippen molar-refractivity contribution in [2.75, 3.05) is 0 Å². The van der Waals surface area contributed by atoms with Gasteiger partial charge in [-0.05, 0) is 26.0 Å². The molecule has 0 N–H and O–H groups in total. The van der Waals surface area contributed by atoms with E-state index in [0.29, 0.717) is 28.2 Å².